The van der Waals surface area contributed by atoms with E-state index < -0.39 is 0 Å². The van der Waals surface area contributed by atoms with Gasteiger partial charge in [0.25, 0.3) is 0 Å². The molecule has 2 N–H and O–H groups in total. The largest absolute Gasteiger partial charge is 0.504 e. The van der Waals surface area contributed by atoms with E-state index in [1.54, 1.807) is 13.2 Å². The van der Waals surface area contributed by atoms with Crippen molar-refractivity contribution in [2.45, 2.75) is 38.6 Å². The number of para-hydroxylation sites is 1. The number of rotatable bonds is 5. The second-order valence-electron chi connectivity index (χ2n) is 5.10. The van der Waals surface area contributed by atoms with Crippen LogP contribution >= 0.6 is 0 Å². The Morgan fingerprint density at radius 2 is 2.06 bits per heavy atom. The van der Waals surface area contributed by atoms with Gasteiger partial charge in [-0.2, -0.15) is 0 Å². The van der Waals surface area contributed by atoms with Gasteiger partial charge in [-0.1, -0.05) is 31.4 Å². The highest BCUT2D eigenvalue weighted by Gasteiger charge is 2.13. The summed E-state index contributed by atoms with van der Waals surface area (Å²) >= 11 is 0. The van der Waals surface area contributed by atoms with Crippen molar-refractivity contribution in [3.05, 3.63) is 23.8 Å². The van der Waals surface area contributed by atoms with E-state index in [4.69, 9.17) is 4.74 Å². The normalized spacial score (nSPS) is 16.7. The van der Waals surface area contributed by atoms with Gasteiger partial charge in [-0.05, 0) is 31.4 Å². The average molecular weight is 249 g/mol. The molecule has 100 valence electrons. The molecule has 0 bridgehead atoms. The summed E-state index contributed by atoms with van der Waals surface area (Å²) in [5.74, 6) is 1.62. The van der Waals surface area contributed by atoms with Crippen molar-refractivity contribution >= 4 is 0 Å². The van der Waals surface area contributed by atoms with Gasteiger partial charge in [0.15, 0.2) is 11.5 Å². The summed E-state index contributed by atoms with van der Waals surface area (Å²) in [5, 5.41) is 13.4. The second-order valence-corrected chi connectivity index (χ2v) is 5.10. The molecule has 1 aromatic carbocycles. The molecule has 0 atom stereocenters. The van der Waals surface area contributed by atoms with Crippen LogP contribution in [0.2, 0.25) is 0 Å². The van der Waals surface area contributed by atoms with E-state index in [1.165, 1.54) is 32.1 Å². The molecule has 0 spiro atoms. The molecule has 18 heavy (non-hydrogen) atoms. The maximum atomic E-state index is 9.96. The highest BCUT2D eigenvalue weighted by molar-refractivity contribution is 5.45. The van der Waals surface area contributed by atoms with Crippen molar-refractivity contribution in [2.24, 2.45) is 5.92 Å². The molecular weight excluding hydrogens is 226 g/mol. The van der Waals surface area contributed by atoms with Gasteiger partial charge in [-0.3, -0.25) is 0 Å². The minimum absolute atomic E-state index is 0.260. The SMILES string of the molecule is COc1cccc(CNCC2CCCCC2)c1O. The van der Waals surface area contributed by atoms with Gasteiger partial charge in [0, 0.05) is 12.1 Å². The van der Waals surface area contributed by atoms with Crippen LogP contribution in [0.1, 0.15) is 37.7 Å². The fourth-order valence-electron chi connectivity index (χ4n) is 2.68. The number of ether oxygens (including phenoxy) is 1. The molecule has 1 saturated carbocycles. The fourth-order valence-corrected chi connectivity index (χ4v) is 2.68. The van der Waals surface area contributed by atoms with E-state index in [9.17, 15) is 5.11 Å². The number of phenols is 1. The van der Waals surface area contributed by atoms with E-state index in [1.807, 2.05) is 12.1 Å². The van der Waals surface area contributed by atoms with Crippen LogP contribution in [0, 0.1) is 5.92 Å². The monoisotopic (exact) mass is 249 g/mol. The zero-order valence-corrected chi connectivity index (χ0v) is 11.1. The number of nitrogens with one attached hydrogen (secondary N) is 1. The smallest absolute Gasteiger partial charge is 0.162 e. The quantitative estimate of drug-likeness (QED) is 0.842. The number of phenolic OH excluding ortho intramolecular Hbond substituents is 1. The predicted molar refractivity (Wildman–Crippen MR) is 72.9 cm³/mol. The average Bonchev–Trinajstić information content (AvgIpc) is 2.42. The molecule has 3 nitrogen and oxygen atoms in total. The third-order valence-electron chi connectivity index (χ3n) is 3.78. The van der Waals surface area contributed by atoms with Crippen molar-refractivity contribution in [1.82, 2.24) is 5.32 Å². The lowest BCUT2D eigenvalue weighted by atomic mass is 9.89. The molecule has 0 amide bonds. The molecule has 1 aliphatic carbocycles. The molecule has 2 rings (SSSR count). The summed E-state index contributed by atoms with van der Waals surface area (Å²) in [6.07, 6.45) is 6.83. The first-order chi connectivity index (χ1) is 8.81. The molecule has 0 aromatic heterocycles. The first-order valence-electron chi connectivity index (χ1n) is 6.87. The summed E-state index contributed by atoms with van der Waals surface area (Å²) in [6, 6.07) is 5.63. The molecule has 0 aliphatic heterocycles. The first-order valence-corrected chi connectivity index (χ1v) is 6.87. The third kappa shape index (κ3) is 3.39. The van der Waals surface area contributed by atoms with Crippen LogP contribution in [-0.2, 0) is 6.54 Å². The maximum Gasteiger partial charge on any atom is 0.162 e. The molecule has 3 heteroatoms. The Bertz CT molecular complexity index is 373. The van der Waals surface area contributed by atoms with Crippen LogP contribution in [0.5, 0.6) is 11.5 Å². The van der Waals surface area contributed by atoms with Gasteiger partial charge in [-0.15, -0.1) is 0 Å². The van der Waals surface area contributed by atoms with Crippen LogP contribution in [0.3, 0.4) is 0 Å². The minimum atomic E-state index is 0.260. The Balaban J connectivity index is 1.82. The Labute approximate surface area is 109 Å². The Hall–Kier alpha value is -1.22. The topological polar surface area (TPSA) is 41.5 Å². The zero-order chi connectivity index (χ0) is 12.8. The Morgan fingerprint density at radius 1 is 1.28 bits per heavy atom. The van der Waals surface area contributed by atoms with Crippen LogP contribution in [0.15, 0.2) is 18.2 Å². The van der Waals surface area contributed by atoms with Crippen LogP contribution in [0.25, 0.3) is 0 Å². The summed E-state index contributed by atoms with van der Waals surface area (Å²) in [4.78, 5) is 0. The molecule has 0 unspecified atom stereocenters. The first kappa shape index (κ1) is 13.2. The number of aromatic hydroxyl groups is 1. The minimum Gasteiger partial charge on any atom is -0.504 e. The Kier molecular flexibility index (Phi) is 4.88. The van der Waals surface area contributed by atoms with Crippen molar-refractivity contribution < 1.29 is 9.84 Å². The van der Waals surface area contributed by atoms with Crippen molar-refractivity contribution in [3.8, 4) is 11.5 Å². The van der Waals surface area contributed by atoms with Crippen LogP contribution in [-0.4, -0.2) is 18.8 Å². The lowest BCUT2D eigenvalue weighted by Crippen LogP contribution is -2.24. The van der Waals surface area contributed by atoms with E-state index >= 15 is 0 Å². The Morgan fingerprint density at radius 3 is 2.78 bits per heavy atom. The second kappa shape index (κ2) is 6.64. The van der Waals surface area contributed by atoms with E-state index in [2.05, 4.69) is 5.32 Å². The molecular formula is C15H23NO2. The summed E-state index contributed by atoms with van der Waals surface area (Å²) in [7, 11) is 1.58. The van der Waals surface area contributed by atoms with E-state index in [0.717, 1.165) is 18.0 Å². The van der Waals surface area contributed by atoms with Crippen molar-refractivity contribution in [1.29, 1.82) is 0 Å². The lowest BCUT2D eigenvalue weighted by molar-refractivity contribution is 0.339. The number of hydrogen-bond donors (Lipinski definition) is 2. The van der Waals surface area contributed by atoms with Crippen LogP contribution in [0.4, 0.5) is 0 Å². The van der Waals surface area contributed by atoms with Crippen LogP contribution < -0.4 is 10.1 Å². The number of benzene rings is 1. The van der Waals surface area contributed by atoms with Gasteiger partial charge < -0.3 is 15.2 Å². The molecule has 0 heterocycles. The van der Waals surface area contributed by atoms with Gasteiger partial charge in [-0.25, -0.2) is 0 Å². The summed E-state index contributed by atoms with van der Waals surface area (Å²) < 4.78 is 5.10. The van der Waals surface area contributed by atoms with E-state index in [0.29, 0.717) is 12.3 Å². The third-order valence-corrected chi connectivity index (χ3v) is 3.78. The van der Waals surface area contributed by atoms with Gasteiger partial charge in [0.1, 0.15) is 0 Å². The standard InChI is InChI=1S/C15H23NO2/c1-18-14-9-5-8-13(15(14)17)11-16-10-12-6-3-2-4-7-12/h5,8-9,12,16-17H,2-4,6-7,10-11H2,1H3. The van der Waals surface area contributed by atoms with E-state index in [-0.39, 0.29) is 5.75 Å². The molecule has 1 aromatic rings. The lowest BCUT2D eigenvalue weighted by Gasteiger charge is -2.22. The molecule has 1 fully saturated rings. The van der Waals surface area contributed by atoms with Gasteiger partial charge >= 0.3 is 0 Å². The maximum absolute atomic E-state index is 9.96. The summed E-state index contributed by atoms with van der Waals surface area (Å²) in [6.45, 7) is 1.76. The molecule has 0 saturated heterocycles. The van der Waals surface area contributed by atoms with Crippen molar-refractivity contribution in [3.63, 3.8) is 0 Å². The predicted octanol–water partition coefficient (Wildman–Crippen LogP) is 3.07. The molecule has 0 radical (unpaired) electrons. The zero-order valence-electron chi connectivity index (χ0n) is 11.1. The van der Waals surface area contributed by atoms with Gasteiger partial charge in [0.05, 0.1) is 7.11 Å². The summed E-state index contributed by atoms with van der Waals surface area (Å²) in [5.41, 5.74) is 0.908. The molecule has 1 aliphatic rings. The number of hydrogen-bond acceptors (Lipinski definition) is 3. The highest BCUT2D eigenvalue weighted by Crippen LogP contribution is 2.29. The van der Waals surface area contributed by atoms with Crippen molar-refractivity contribution in [2.75, 3.05) is 13.7 Å². The fraction of sp³-hybridized carbons (Fsp3) is 0.600. The van der Waals surface area contributed by atoms with Gasteiger partial charge in [0.2, 0.25) is 0 Å². The highest BCUT2D eigenvalue weighted by atomic mass is 16.5. The number of methoxy groups -OCH3 is 1.